The van der Waals surface area contributed by atoms with Crippen molar-refractivity contribution in [3.05, 3.63) is 70.3 Å². The summed E-state index contributed by atoms with van der Waals surface area (Å²) in [5.74, 6) is 0.178. The van der Waals surface area contributed by atoms with Crippen LogP contribution in [0.5, 0.6) is 0 Å². The van der Waals surface area contributed by atoms with E-state index < -0.39 is 4.92 Å². The second-order valence-corrected chi connectivity index (χ2v) is 4.95. The zero-order valence-corrected chi connectivity index (χ0v) is 12.2. The summed E-state index contributed by atoms with van der Waals surface area (Å²) in [5, 5.41) is 16.0. The van der Waals surface area contributed by atoms with Crippen molar-refractivity contribution in [1.29, 1.82) is 0 Å². The van der Waals surface area contributed by atoms with Gasteiger partial charge < -0.3 is 10.6 Å². The van der Waals surface area contributed by atoms with E-state index in [2.05, 4.69) is 10.6 Å². The maximum absolute atomic E-state index is 11.8. The van der Waals surface area contributed by atoms with Crippen LogP contribution in [0.4, 0.5) is 16.2 Å². The summed E-state index contributed by atoms with van der Waals surface area (Å²) in [7, 11) is 0. The number of anilines is 1. The normalized spacial score (nSPS) is 11.5. The van der Waals surface area contributed by atoms with Crippen molar-refractivity contribution >= 4 is 17.4 Å². The van der Waals surface area contributed by atoms with E-state index in [9.17, 15) is 14.9 Å². The fourth-order valence-electron chi connectivity index (χ4n) is 2.02. The molecule has 0 fully saturated rings. The van der Waals surface area contributed by atoms with E-state index in [1.54, 1.807) is 6.07 Å². The SMILES string of the molecule is CC(CNC(=O)Nc1cccc([N+](=O)[O-])c1)c1ccccc1. The van der Waals surface area contributed by atoms with Crippen molar-refractivity contribution in [1.82, 2.24) is 5.32 Å². The topological polar surface area (TPSA) is 84.3 Å². The van der Waals surface area contributed by atoms with Crippen LogP contribution in [0.25, 0.3) is 0 Å². The molecule has 2 N–H and O–H groups in total. The molecule has 6 nitrogen and oxygen atoms in total. The number of non-ortho nitro benzene ring substituents is 1. The first-order valence-corrected chi connectivity index (χ1v) is 6.90. The molecule has 114 valence electrons. The highest BCUT2D eigenvalue weighted by molar-refractivity contribution is 5.89. The van der Waals surface area contributed by atoms with Crippen LogP contribution in [-0.4, -0.2) is 17.5 Å². The molecule has 0 aliphatic heterocycles. The van der Waals surface area contributed by atoms with Gasteiger partial charge in [0.2, 0.25) is 0 Å². The summed E-state index contributed by atoms with van der Waals surface area (Å²) >= 11 is 0. The van der Waals surface area contributed by atoms with Crippen molar-refractivity contribution in [2.75, 3.05) is 11.9 Å². The van der Waals surface area contributed by atoms with Gasteiger partial charge in [-0.3, -0.25) is 10.1 Å². The van der Waals surface area contributed by atoms with Crippen LogP contribution in [-0.2, 0) is 0 Å². The van der Waals surface area contributed by atoms with E-state index in [1.807, 2.05) is 37.3 Å². The number of nitrogens with zero attached hydrogens (tertiary/aromatic N) is 1. The minimum Gasteiger partial charge on any atom is -0.337 e. The zero-order valence-electron chi connectivity index (χ0n) is 12.2. The average molecular weight is 299 g/mol. The Morgan fingerprint density at radius 3 is 2.59 bits per heavy atom. The first-order valence-electron chi connectivity index (χ1n) is 6.90. The molecule has 0 heterocycles. The predicted molar refractivity (Wildman–Crippen MR) is 85.0 cm³/mol. The number of benzene rings is 2. The Morgan fingerprint density at radius 1 is 1.18 bits per heavy atom. The van der Waals surface area contributed by atoms with Gasteiger partial charge in [0.1, 0.15) is 0 Å². The molecular formula is C16H17N3O3. The smallest absolute Gasteiger partial charge is 0.319 e. The van der Waals surface area contributed by atoms with Gasteiger partial charge in [-0.25, -0.2) is 4.79 Å². The van der Waals surface area contributed by atoms with Crippen LogP contribution in [0.2, 0.25) is 0 Å². The van der Waals surface area contributed by atoms with Gasteiger partial charge >= 0.3 is 6.03 Å². The standard InChI is InChI=1S/C16H17N3O3/c1-12(13-6-3-2-4-7-13)11-17-16(20)18-14-8-5-9-15(10-14)19(21)22/h2-10,12H,11H2,1H3,(H2,17,18,20). The molecule has 1 atom stereocenters. The summed E-state index contributed by atoms with van der Waals surface area (Å²) in [6, 6.07) is 15.3. The highest BCUT2D eigenvalue weighted by Gasteiger charge is 2.10. The molecule has 2 aromatic carbocycles. The van der Waals surface area contributed by atoms with E-state index >= 15 is 0 Å². The Morgan fingerprint density at radius 2 is 1.91 bits per heavy atom. The van der Waals surface area contributed by atoms with E-state index in [0.717, 1.165) is 5.56 Å². The molecule has 2 aromatic rings. The van der Waals surface area contributed by atoms with Crippen molar-refractivity contribution < 1.29 is 9.72 Å². The molecule has 1 unspecified atom stereocenters. The zero-order chi connectivity index (χ0) is 15.9. The lowest BCUT2D eigenvalue weighted by Gasteiger charge is -2.13. The minimum absolute atomic E-state index is 0.0598. The molecule has 0 radical (unpaired) electrons. The minimum atomic E-state index is -0.499. The highest BCUT2D eigenvalue weighted by atomic mass is 16.6. The summed E-state index contributed by atoms with van der Waals surface area (Å²) in [6.45, 7) is 2.49. The monoisotopic (exact) mass is 299 g/mol. The van der Waals surface area contributed by atoms with E-state index in [-0.39, 0.29) is 17.6 Å². The third kappa shape index (κ3) is 4.31. The molecule has 0 aliphatic carbocycles. The number of carbonyl (C=O) groups is 1. The molecule has 0 spiro atoms. The van der Waals surface area contributed by atoms with Crippen molar-refractivity contribution in [3.8, 4) is 0 Å². The van der Waals surface area contributed by atoms with Crippen LogP contribution in [0.3, 0.4) is 0 Å². The fourth-order valence-corrected chi connectivity index (χ4v) is 2.02. The Hall–Kier alpha value is -2.89. The lowest BCUT2D eigenvalue weighted by molar-refractivity contribution is -0.384. The van der Waals surface area contributed by atoms with Crippen molar-refractivity contribution in [3.63, 3.8) is 0 Å². The van der Waals surface area contributed by atoms with Crippen LogP contribution in [0.15, 0.2) is 54.6 Å². The van der Waals surface area contributed by atoms with Gasteiger partial charge in [0.25, 0.3) is 5.69 Å². The number of hydrogen-bond donors (Lipinski definition) is 2. The molecule has 2 amide bonds. The number of nitro benzene ring substituents is 1. The van der Waals surface area contributed by atoms with E-state index in [4.69, 9.17) is 0 Å². The lowest BCUT2D eigenvalue weighted by atomic mass is 10.0. The largest absolute Gasteiger partial charge is 0.337 e. The van der Waals surface area contributed by atoms with Gasteiger partial charge in [0.05, 0.1) is 4.92 Å². The van der Waals surface area contributed by atoms with Gasteiger partial charge in [0, 0.05) is 24.4 Å². The fraction of sp³-hybridized carbons (Fsp3) is 0.188. The molecule has 2 rings (SSSR count). The number of nitro groups is 1. The highest BCUT2D eigenvalue weighted by Crippen LogP contribution is 2.17. The molecule has 0 saturated heterocycles. The van der Waals surface area contributed by atoms with Crippen LogP contribution < -0.4 is 10.6 Å². The van der Waals surface area contributed by atoms with Gasteiger partial charge in [-0.15, -0.1) is 0 Å². The summed E-state index contributed by atoms with van der Waals surface area (Å²) in [5.41, 5.74) is 1.47. The van der Waals surface area contributed by atoms with Crippen LogP contribution >= 0.6 is 0 Å². The Bertz CT molecular complexity index is 659. The molecule has 6 heteroatoms. The van der Waals surface area contributed by atoms with Gasteiger partial charge in [0.15, 0.2) is 0 Å². The second-order valence-electron chi connectivity index (χ2n) is 4.95. The second kappa shape index (κ2) is 7.21. The number of nitrogens with one attached hydrogen (secondary N) is 2. The van der Waals surface area contributed by atoms with Gasteiger partial charge in [-0.05, 0) is 17.5 Å². The third-order valence-corrected chi connectivity index (χ3v) is 3.25. The molecule has 22 heavy (non-hydrogen) atoms. The number of carbonyl (C=O) groups excluding carboxylic acids is 1. The van der Waals surface area contributed by atoms with E-state index in [0.29, 0.717) is 12.2 Å². The molecular weight excluding hydrogens is 282 g/mol. The van der Waals surface area contributed by atoms with Crippen molar-refractivity contribution in [2.24, 2.45) is 0 Å². The number of hydrogen-bond acceptors (Lipinski definition) is 3. The Kier molecular flexibility index (Phi) is 5.08. The number of urea groups is 1. The summed E-state index contributed by atoms with van der Waals surface area (Å²) < 4.78 is 0. The van der Waals surface area contributed by atoms with E-state index in [1.165, 1.54) is 18.2 Å². The molecule has 0 bridgehead atoms. The summed E-state index contributed by atoms with van der Waals surface area (Å²) in [6.07, 6.45) is 0. The Balaban J connectivity index is 1.88. The van der Waals surface area contributed by atoms with Gasteiger partial charge in [-0.2, -0.15) is 0 Å². The van der Waals surface area contributed by atoms with Crippen LogP contribution in [0.1, 0.15) is 18.4 Å². The quantitative estimate of drug-likeness (QED) is 0.654. The molecule has 0 saturated carbocycles. The van der Waals surface area contributed by atoms with Crippen molar-refractivity contribution in [2.45, 2.75) is 12.8 Å². The summed E-state index contributed by atoms with van der Waals surface area (Å²) in [4.78, 5) is 22.0. The predicted octanol–water partition coefficient (Wildman–Crippen LogP) is 3.52. The average Bonchev–Trinajstić information content (AvgIpc) is 2.53. The first kappa shape index (κ1) is 15.5. The van der Waals surface area contributed by atoms with Gasteiger partial charge in [-0.1, -0.05) is 43.3 Å². The maximum Gasteiger partial charge on any atom is 0.319 e. The maximum atomic E-state index is 11.8. The molecule has 0 aliphatic rings. The lowest BCUT2D eigenvalue weighted by Crippen LogP contribution is -2.31. The first-order chi connectivity index (χ1) is 10.6. The number of rotatable bonds is 5. The van der Waals surface area contributed by atoms with Crippen LogP contribution in [0, 0.1) is 10.1 Å². The third-order valence-electron chi connectivity index (χ3n) is 3.25. The number of amides is 2. The molecule has 0 aromatic heterocycles. The Labute approximate surface area is 128 Å².